The lowest BCUT2D eigenvalue weighted by Crippen LogP contribution is -2.46. The molecular weight excluding hydrogens is 460 g/mol. The molecule has 0 unspecified atom stereocenters. The molecule has 9 nitrogen and oxygen atoms in total. The highest BCUT2D eigenvalue weighted by atomic mass is 28.4. The van der Waals surface area contributed by atoms with Crippen molar-refractivity contribution in [1.29, 1.82) is 0 Å². The quantitative estimate of drug-likeness (QED) is 0.168. The number of para-hydroxylation sites is 1. The van der Waals surface area contributed by atoms with Gasteiger partial charge in [0.2, 0.25) is 6.41 Å². The fourth-order valence-electron chi connectivity index (χ4n) is 3.12. The van der Waals surface area contributed by atoms with Crippen LogP contribution in [0.25, 0.3) is 0 Å². The van der Waals surface area contributed by atoms with Gasteiger partial charge >= 0.3 is 17.6 Å². The predicted molar refractivity (Wildman–Crippen MR) is 135 cm³/mol. The summed E-state index contributed by atoms with van der Waals surface area (Å²) in [5, 5.41) is 5.97. The zero-order valence-electron chi connectivity index (χ0n) is 21.2. The summed E-state index contributed by atoms with van der Waals surface area (Å²) in [5.74, 6) is 0. The minimum atomic E-state index is -2.50. The van der Waals surface area contributed by atoms with Crippen LogP contribution in [-0.4, -0.2) is 78.3 Å². The molecule has 0 radical (unpaired) electrons. The number of rotatable bonds is 19. The zero-order valence-corrected chi connectivity index (χ0v) is 23.2. The Bertz CT molecular complexity index is 556. The summed E-state index contributed by atoms with van der Waals surface area (Å²) in [4.78, 5) is 10.1. The third-order valence-electron chi connectivity index (χ3n) is 4.68. The molecule has 0 spiro atoms. The summed E-state index contributed by atoms with van der Waals surface area (Å²) < 4.78 is 33.1. The molecule has 11 heteroatoms. The van der Waals surface area contributed by atoms with Crippen molar-refractivity contribution in [2.45, 2.75) is 45.7 Å². The van der Waals surface area contributed by atoms with Crippen LogP contribution in [0.1, 0.15) is 33.6 Å². The van der Waals surface area contributed by atoms with Crippen LogP contribution in [0.5, 0.6) is 0 Å². The lowest BCUT2D eigenvalue weighted by Gasteiger charge is -2.28. The average molecular weight is 505 g/mol. The maximum absolute atomic E-state index is 10.1. The zero-order chi connectivity index (χ0) is 24.8. The Hall–Kier alpha value is -1.32. The molecule has 0 aliphatic heterocycles. The highest BCUT2D eigenvalue weighted by molar-refractivity contribution is 6.61. The molecule has 192 valence electrons. The van der Waals surface area contributed by atoms with Gasteiger partial charge in [-0.2, -0.15) is 0 Å². The Morgan fingerprint density at radius 2 is 1.24 bits per heavy atom. The van der Waals surface area contributed by atoms with Crippen LogP contribution in [0, 0.1) is 0 Å². The van der Waals surface area contributed by atoms with Gasteiger partial charge in [-0.1, -0.05) is 18.2 Å². The number of benzene rings is 1. The maximum Gasteiger partial charge on any atom is 0.500 e. The normalized spacial score (nSPS) is 11.5. The monoisotopic (exact) mass is 504 g/mol. The van der Waals surface area contributed by atoms with Gasteiger partial charge in [0.05, 0.1) is 0 Å². The molecule has 0 aliphatic carbocycles. The minimum Gasteiger partial charge on any atom is -0.385 e. The molecule has 0 bridgehead atoms. The summed E-state index contributed by atoms with van der Waals surface area (Å²) in [6.45, 7) is 9.09. The molecular formula is C22H44N2O7Si2. The molecule has 0 saturated heterocycles. The van der Waals surface area contributed by atoms with Crippen LogP contribution >= 0.6 is 0 Å². The van der Waals surface area contributed by atoms with Crippen molar-refractivity contribution in [3.05, 3.63) is 30.3 Å². The van der Waals surface area contributed by atoms with Crippen LogP contribution in [0.4, 0.5) is 5.69 Å². The Labute approximate surface area is 202 Å². The van der Waals surface area contributed by atoms with Crippen LogP contribution in [-0.2, 0) is 31.4 Å². The van der Waals surface area contributed by atoms with E-state index >= 15 is 0 Å². The van der Waals surface area contributed by atoms with Crippen molar-refractivity contribution in [3.8, 4) is 0 Å². The van der Waals surface area contributed by atoms with E-state index in [1.807, 2.05) is 51.1 Å². The highest BCUT2D eigenvalue weighted by Gasteiger charge is 2.39. The standard InChI is InChI=1S/C12H21NO3Si.C10H23NO4Si/c1-14-17(15-2,16-3)11-7-10-13-12-8-5-4-6-9-12;1-4-13-16(14-5-2,15-6-3)9-7-8-11-10-12/h4-6,8-9,13H,7,10-11H2,1-3H3;10H,4-9H2,1-3H3,(H,11,12). The smallest absolute Gasteiger partial charge is 0.385 e. The van der Waals surface area contributed by atoms with Crippen LogP contribution in [0.15, 0.2) is 30.3 Å². The van der Waals surface area contributed by atoms with Crippen LogP contribution < -0.4 is 10.6 Å². The van der Waals surface area contributed by atoms with E-state index in [1.165, 1.54) is 0 Å². The summed E-state index contributed by atoms with van der Waals surface area (Å²) >= 11 is 0. The maximum atomic E-state index is 10.1. The van der Waals surface area contributed by atoms with Crippen molar-refractivity contribution in [3.63, 3.8) is 0 Å². The van der Waals surface area contributed by atoms with Gasteiger partial charge in [-0.25, -0.2) is 0 Å². The van der Waals surface area contributed by atoms with Gasteiger partial charge < -0.3 is 37.2 Å². The van der Waals surface area contributed by atoms with E-state index < -0.39 is 17.6 Å². The number of carbonyl (C=O) groups is 1. The van der Waals surface area contributed by atoms with Crippen molar-refractivity contribution in [1.82, 2.24) is 5.32 Å². The molecule has 1 aromatic carbocycles. The van der Waals surface area contributed by atoms with Crippen molar-refractivity contribution in [2.24, 2.45) is 0 Å². The van der Waals surface area contributed by atoms with Gasteiger partial charge in [-0.3, -0.25) is 4.79 Å². The first-order chi connectivity index (χ1) is 16.0. The Kier molecular flexibility index (Phi) is 19.3. The molecule has 0 saturated carbocycles. The lowest BCUT2D eigenvalue weighted by atomic mass is 10.3. The first-order valence-electron chi connectivity index (χ1n) is 11.5. The Balaban J connectivity index is 0.000000622. The number of hydrogen-bond donors (Lipinski definition) is 2. The summed E-state index contributed by atoms with van der Waals surface area (Å²) in [7, 11) is 0.0311. The molecule has 0 aliphatic rings. The molecule has 2 N–H and O–H groups in total. The second-order valence-corrected chi connectivity index (χ2v) is 12.7. The van der Waals surface area contributed by atoms with Crippen molar-refractivity contribution >= 4 is 29.7 Å². The molecule has 0 heterocycles. The lowest BCUT2D eigenvalue weighted by molar-refractivity contribution is -0.109. The number of nitrogens with one attached hydrogen (secondary N) is 2. The number of hydrogen-bond acceptors (Lipinski definition) is 8. The van der Waals surface area contributed by atoms with Gasteiger partial charge in [0.25, 0.3) is 0 Å². The molecule has 1 aromatic rings. The second-order valence-electron chi connectivity index (χ2n) is 6.85. The molecule has 1 amide bonds. The van der Waals surface area contributed by atoms with E-state index in [0.717, 1.165) is 37.2 Å². The van der Waals surface area contributed by atoms with E-state index in [4.69, 9.17) is 26.6 Å². The van der Waals surface area contributed by atoms with Gasteiger partial charge in [-0.05, 0) is 45.7 Å². The number of amides is 1. The van der Waals surface area contributed by atoms with Crippen LogP contribution in [0.2, 0.25) is 12.1 Å². The molecule has 0 aromatic heterocycles. The SMILES string of the molecule is CCO[Si](CCCNC=O)(OCC)OCC.CO[Si](CCCNc1ccccc1)(OC)OC. The van der Waals surface area contributed by atoms with E-state index in [9.17, 15) is 4.79 Å². The van der Waals surface area contributed by atoms with Gasteiger partial charge in [0, 0.05) is 72.0 Å². The van der Waals surface area contributed by atoms with Gasteiger partial charge in [-0.15, -0.1) is 0 Å². The van der Waals surface area contributed by atoms with E-state index in [-0.39, 0.29) is 0 Å². The highest BCUT2D eigenvalue weighted by Crippen LogP contribution is 2.18. The summed E-state index contributed by atoms with van der Waals surface area (Å²) in [5.41, 5.74) is 1.13. The molecule has 0 atom stereocenters. The first-order valence-corrected chi connectivity index (χ1v) is 15.4. The Morgan fingerprint density at radius 3 is 1.70 bits per heavy atom. The Morgan fingerprint density at radius 1 is 0.758 bits per heavy atom. The molecule has 1 rings (SSSR count). The van der Waals surface area contributed by atoms with Gasteiger partial charge in [0.1, 0.15) is 0 Å². The van der Waals surface area contributed by atoms with E-state index in [2.05, 4.69) is 10.6 Å². The topological polar surface area (TPSA) is 96.5 Å². The van der Waals surface area contributed by atoms with E-state index in [0.29, 0.717) is 32.8 Å². The largest absolute Gasteiger partial charge is 0.500 e. The fourth-order valence-corrected chi connectivity index (χ4v) is 7.45. The number of carbonyl (C=O) groups excluding carboxylic acids is 1. The van der Waals surface area contributed by atoms with Crippen molar-refractivity contribution < 1.29 is 31.4 Å². The average Bonchev–Trinajstić information content (AvgIpc) is 2.84. The van der Waals surface area contributed by atoms with E-state index in [1.54, 1.807) is 21.3 Å². The fraction of sp³-hybridized carbons (Fsp3) is 0.682. The predicted octanol–water partition coefficient (Wildman–Crippen LogP) is 3.54. The number of anilines is 1. The first kappa shape index (κ1) is 31.7. The summed E-state index contributed by atoms with van der Waals surface area (Å²) in [6.07, 6.45) is 2.47. The molecule has 33 heavy (non-hydrogen) atoms. The molecule has 0 fully saturated rings. The third kappa shape index (κ3) is 13.9. The van der Waals surface area contributed by atoms with Crippen molar-refractivity contribution in [2.75, 3.05) is 59.6 Å². The van der Waals surface area contributed by atoms with Crippen LogP contribution in [0.3, 0.4) is 0 Å². The summed E-state index contributed by atoms with van der Waals surface area (Å²) in [6, 6.07) is 11.7. The second kappa shape index (κ2) is 20.1. The van der Waals surface area contributed by atoms with Gasteiger partial charge in [0.15, 0.2) is 0 Å². The third-order valence-corrected chi connectivity index (χ3v) is 10.7. The minimum absolute atomic E-state index is 0.591.